The predicted octanol–water partition coefficient (Wildman–Crippen LogP) is 0.928. The lowest BCUT2D eigenvalue weighted by molar-refractivity contribution is 0.330. The van der Waals surface area contributed by atoms with Gasteiger partial charge >= 0.3 is 0 Å². The molecule has 6 heteroatoms. The molecule has 2 rings (SSSR count). The van der Waals surface area contributed by atoms with Crippen molar-refractivity contribution in [3.63, 3.8) is 0 Å². The fraction of sp³-hybridized carbons (Fsp3) is 0.455. The summed E-state index contributed by atoms with van der Waals surface area (Å²) < 4.78 is 31.5. The topological polar surface area (TPSA) is 81.4 Å². The van der Waals surface area contributed by atoms with Gasteiger partial charge in [0.05, 0.1) is 10.9 Å². The molecule has 0 spiro atoms. The summed E-state index contributed by atoms with van der Waals surface area (Å²) in [6.45, 7) is 0.756. The molecule has 1 saturated carbocycles. The molecule has 0 heterocycles. The fourth-order valence-corrected chi connectivity index (χ4v) is 2.86. The van der Waals surface area contributed by atoms with E-state index in [0.29, 0.717) is 24.6 Å². The fourth-order valence-electron chi connectivity index (χ4n) is 1.46. The van der Waals surface area contributed by atoms with Crippen LogP contribution in [0.3, 0.4) is 0 Å². The quantitative estimate of drug-likeness (QED) is 0.793. The first-order chi connectivity index (χ1) is 8.13. The van der Waals surface area contributed by atoms with Crippen LogP contribution in [0.2, 0.25) is 0 Å². The van der Waals surface area contributed by atoms with E-state index < -0.39 is 10.0 Å². The molecule has 1 fully saturated rings. The van der Waals surface area contributed by atoms with E-state index >= 15 is 0 Å². The Balaban J connectivity index is 2.14. The Kier molecular flexibility index (Phi) is 3.54. The number of benzene rings is 1. The normalized spacial score (nSPS) is 15.6. The molecule has 1 aromatic rings. The molecule has 17 heavy (non-hydrogen) atoms. The molecule has 0 aromatic heterocycles. The summed E-state index contributed by atoms with van der Waals surface area (Å²) in [4.78, 5) is 0. The van der Waals surface area contributed by atoms with Crippen molar-refractivity contribution in [2.45, 2.75) is 18.1 Å². The van der Waals surface area contributed by atoms with Crippen LogP contribution in [0.4, 0.5) is 5.69 Å². The summed E-state index contributed by atoms with van der Waals surface area (Å²) in [6, 6.07) is 6.97. The number of anilines is 1. The van der Waals surface area contributed by atoms with E-state index in [1.165, 1.54) is 0 Å². The molecule has 5 nitrogen and oxygen atoms in total. The van der Waals surface area contributed by atoms with Crippen LogP contribution < -0.4 is 15.2 Å². The number of rotatable bonds is 6. The van der Waals surface area contributed by atoms with Gasteiger partial charge < -0.3 is 10.5 Å². The van der Waals surface area contributed by atoms with E-state index in [0.717, 1.165) is 12.8 Å². The molecule has 0 amide bonds. The minimum absolute atomic E-state index is 0.245. The van der Waals surface area contributed by atoms with E-state index in [4.69, 9.17) is 10.5 Å². The number of nitrogens with one attached hydrogen (secondary N) is 1. The van der Waals surface area contributed by atoms with Crippen LogP contribution in [0.25, 0.3) is 0 Å². The Morgan fingerprint density at radius 1 is 1.35 bits per heavy atom. The lowest BCUT2D eigenvalue weighted by Crippen LogP contribution is -2.18. The summed E-state index contributed by atoms with van der Waals surface area (Å²) in [5.74, 6) is 0.516. The minimum atomic E-state index is -3.25. The zero-order chi connectivity index (χ0) is 12.3. The number of hydrogen-bond acceptors (Lipinski definition) is 4. The number of nitrogens with two attached hydrogens (primary N) is 1. The minimum Gasteiger partial charge on any atom is -0.490 e. The first-order valence-corrected chi connectivity index (χ1v) is 7.11. The lowest BCUT2D eigenvalue weighted by Gasteiger charge is -2.12. The Morgan fingerprint density at radius 2 is 2.06 bits per heavy atom. The smallest absolute Gasteiger partial charge is 0.235 e. The molecule has 1 aliphatic carbocycles. The molecule has 0 unspecified atom stereocenters. The maximum Gasteiger partial charge on any atom is 0.235 e. The van der Waals surface area contributed by atoms with Crippen molar-refractivity contribution in [2.75, 3.05) is 17.9 Å². The lowest BCUT2D eigenvalue weighted by atomic mass is 10.3. The summed E-state index contributed by atoms with van der Waals surface area (Å²) in [5.41, 5.74) is 5.83. The van der Waals surface area contributed by atoms with Crippen molar-refractivity contribution in [2.24, 2.45) is 5.73 Å². The van der Waals surface area contributed by atoms with Crippen molar-refractivity contribution < 1.29 is 13.2 Å². The Bertz CT molecular complexity index is 483. The predicted molar refractivity (Wildman–Crippen MR) is 66.6 cm³/mol. The zero-order valence-electron chi connectivity index (χ0n) is 9.43. The summed E-state index contributed by atoms with van der Waals surface area (Å²) in [5, 5.41) is -0.245. The SMILES string of the molecule is NCCOc1ccccc1NS(=O)(=O)C1CC1. The van der Waals surface area contributed by atoms with E-state index in [2.05, 4.69) is 4.72 Å². The Morgan fingerprint density at radius 3 is 2.71 bits per heavy atom. The summed E-state index contributed by atoms with van der Waals surface area (Å²) >= 11 is 0. The van der Waals surface area contributed by atoms with E-state index in [-0.39, 0.29) is 5.25 Å². The average Bonchev–Trinajstić information content (AvgIpc) is 3.11. The molecule has 0 radical (unpaired) electrons. The van der Waals surface area contributed by atoms with E-state index in [9.17, 15) is 8.42 Å². The van der Waals surface area contributed by atoms with Gasteiger partial charge in [0.15, 0.2) is 0 Å². The molecule has 0 aliphatic heterocycles. The van der Waals surface area contributed by atoms with E-state index in [1.54, 1.807) is 24.3 Å². The van der Waals surface area contributed by atoms with Crippen molar-refractivity contribution in [1.29, 1.82) is 0 Å². The second-order valence-electron chi connectivity index (χ2n) is 3.98. The molecule has 0 bridgehead atoms. The first kappa shape index (κ1) is 12.2. The van der Waals surface area contributed by atoms with Crippen LogP contribution in [0.5, 0.6) is 5.75 Å². The molecule has 0 atom stereocenters. The van der Waals surface area contributed by atoms with Crippen LogP contribution in [-0.4, -0.2) is 26.8 Å². The van der Waals surface area contributed by atoms with Gasteiger partial charge in [-0.2, -0.15) is 0 Å². The maximum absolute atomic E-state index is 11.8. The highest BCUT2D eigenvalue weighted by Crippen LogP contribution is 2.32. The van der Waals surface area contributed by atoms with Gasteiger partial charge in [-0.3, -0.25) is 4.72 Å². The van der Waals surface area contributed by atoms with Crippen LogP contribution in [0, 0.1) is 0 Å². The molecule has 3 N–H and O–H groups in total. The highest BCUT2D eigenvalue weighted by molar-refractivity contribution is 7.93. The van der Waals surface area contributed by atoms with Gasteiger partial charge in [0, 0.05) is 6.54 Å². The van der Waals surface area contributed by atoms with Crippen molar-refractivity contribution in [3.05, 3.63) is 24.3 Å². The van der Waals surface area contributed by atoms with Gasteiger partial charge in [0.25, 0.3) is 0 Å². The monoisotopic (exact) mass is 256 g/mol. The third kappa shape index (κ3) is 3.10. The standard InChI is InChI=1S/C11H16N2O3S/c12-7-8-16-11-4-2-1-3-10(11)13-17(14,15)9-5-6-9/h1-4,9,13H,5-8,12H2. The van der Waals surface area contributed by atoms with Crippen LogP contribution in [-0.2, 0) is 10.0 Å². The Labute approximate surface area is 101 Å². The number of hydrogen-bond donors (Lipinski definition) is 2. The van der Waals surface area contributed by atoms with Crippen molar-refractivity contribution >= 4 is 15.7 Å². The number of sulfonamides is 1. The average molecular weight is 256 g/mol. The number of ether oxygens (including phenoxy) is 1. The molecule has 1 aliphatic rings. The molecule has 0 saturated heterocycles. The second kappa shape index (κ2) is 4.93. The number of para-hydroxylation sites is 2. The molecule has 1 aromatic carbocycles. The highest BCUT2D eigenvalue weighted by Gasteiger charge is 2.36. The highest BCUT2D eigenvalue weighted by atomic mass is 32.2. The third-order valence-electron chi connectivity index (χ3n) is 2.48. The van der Waals surface area contributed by atoms with E-state index in [1.807, 2.05) is 0 Å². The largest absolute Gasteiger partial charge is 0.490 e. The van der Waals surface area contributed by atoms with Gasteiger partial charge in [0.1, 0.15) is 12.4 Å². The van der Waals surface area contributed by atoms with Crippen LogP contribution >= 0.6 is 0 Å². The Hall–Kier alpha value is -1.27. The van der Waals surface area contributed by atoms with Gasteiger partial charge in [0.2, 0.25) is 10.0 Å². The molecular weight excluding hydrogens is 240 g/mol. The summed E-state index contributed by atoms with van der Waals surface area (Å²) in [7, 11) is -3.25. The second-order valence-corrected chi connectivity index (χ2v) is 5.94. The molecule has 94 valence electrons. The van der Waals surface area contributed by atoms with Gasteiger partial charge in [-0.05, 0) is 25.0 Å². The van der Waals surface area contributed by atoms with Crippen molar-refractivity contribution in [3.8, 4) is 5.75 Å². The maximum atomic E-state index is 11.8. The van der Waals surface area contributed by atoms with Crippen LogP contribution in [0.1, 0.15) is 12.8 Å². The van der Waals surface area contributed by atoms with Gasteiger partial charge in [-0.1, -0.05) is 12.1 Å². The third-order valence-corrected chi connectivity index (χ3v) is 4.33. The first-order valence-electron chi connectivity index (χ1n) is 5.57. The van der Waals surface area contributed by atoms with Gasteiger partial charge in [-0.25, -0.2) is 8.42 Å². The van der Waals surface area contributed by atoms with Gasteiger partial charge in [-0.15, -0.1) is 0 Å². The summed E-state index contributed by atoms with van der Waals surface area (Å²) in [6.07, 6.45) is 1.47. The molecular formula is C11H16N2O3S. The zero-order valence-corrected chi connectivity index (χ0v) is 10.2. The van der Waals surface area contributed by atoms with Crippen molar-refractivity contribution in [1.82, 2.24) is 0 Å². The van der Waals surface area contributed by atoms with Crippen LogP contribution in [0.15, 0.2) is 24.3 Å².